The summed E-state index contributed by atoms with van der Waals surface area (Å²) >= 11 is 1.61. The monoisotopic (exact) mass is 331 g/mol. The average Bonchev–Trinajstić information content (AvgIpc) is 3.09. The number of ether oxygens (including phenoxy) is 1. The maximum Gasteiger partial charge on any atom is 0.219 e. The first kappa shape index (κ1) is 16.0. The quantitative estimate of drug-likeness (QED) is 0.863. The predicted octanol–water partition coefficient (Wildman–Crippen LogP) is 2.48. The summed E-state index contributed by atoms with van der Waals surface area (Å²) in [5, 5.41) is 2.95. The molecule has 1 aliphatic rings. The van der Waals surface area contributed by atoms with Gasteiger partial charge in [0.25, 0.3) is 0 Å². The topological polar surface area (TPSA) is 45.7 Å². The number of amides is 1. The molecule has 0 saturated carbocycles. The second kappa shape index (κ2) is 7.10. The van der Waals surface area contributed by atoms with Crippen LogP contribution in [0.25, 0.3) is 10.6 Å². The SMILES string of the molecule is COc1ccc(CN2CCN(C(C)=O)CC2)cc1-c1nccs1. The maximum atomic E-state index is 11.4. The molecule has 0 aliphatic carbocycles. The lowest BCUT2D eigenvalue weighted by molar-refractivity contribution is -0.130. The summed E-state index contributed by atoms with van der Waals surface area (Å²) < 4.78 is 5.46. The Morgan fingerprint density at radius 3 is 2.70 bits per heavy atom. The highest BCUT2D eigenvalue weighted by Crippen LogP contribution is 2.32. The van der Waals surface area contributed by atoms with Crippen LogP contribution in [0.3, 0.4) is 0 Å². The maximum absolute atomic E-state index is 11.4. The Labute approximate surface area is 140 Å². The second-order valence-corrected chi connectivity index (χ2v) is 6.55. The highest BCUT2D eigenvalue weighted by atomic mass is 32.1. The molecular weight excluding hydrogens is 310 g/mol. The van der Waals surface area contributed by atoms with E-state index in [4.69, 9.17) is 4.74 Å². The summed E-state index contributed by atoms with van der Waals surface area (Å²) in [4.78, 5) is 20.1. The number of carbonyl (C=O) groups excluding carboxylic acids is 1. The van der Waals surface area contributed by atoms with Gasteiger partial charge in [0.1, 0.15) is 10.8 Å². The van der Waals surface area contributed by atoms with Crippen LogP contribution < -0.4 is 4.74 Å². The van der Waals surface area contributed by atoms with Gasteiger partial charge in [0, 0.05) is 51.2 Å². The van der Waals surface area contributed by atoms with E-state index in [0.717, 1.165) is 49.0 Å². The highest BCUT2D eigenvalue weighted by Gasteiger charge is 2.19. The molecule has 2 aromatic rings. The molecule has 0 spiro atoms. The van der Waals surface area contributed by atoms with Crippen molar-refractivity contribution >= 4 is 17.2 Å². The molecule has 1 aromatic carbocycles. The molecule has 23 heavy (non-hydrogen) atoms. The largest absolute Gasteiger partial charge is 0.496 e. The number of rotatable bonds is 4. The van der Waals surface area contributed by atoms with Gasteiger partial charge < -0.3 is 9.64 Å². The lowest BCUT2D eigenvalue weighted by Crippen LogP contribution is -2.47. The third-order valence-corrected chi connectivity index (χ3v) is 4.96. The van der Waals surface area contributed by atoms with Crippen LogP contribution in [0.1, 0.15) is 12.5 Å². The average molecular weight is 331 g/mol. The first-order valence-electron chi connectivity index (χ1n) is 7.72. The molecule has 0 N–H and O–H groups in total. The van der Waals surface area contributed by atoms with Gasteiger partial charge >= 0.3 is 0 Å². The summed E-state index contributed by atoms with van der Waals surface area (Å²) in [6.45, 7) is 5.97. The van der Waals surface area contributed by atoms with E-state index in [1.807, 2.05) is 22.5 Å². The molecule has 0 radical (unpaired) electrons. The van der Waals surface area contributed by atoms with E-state index in [0.29, 0.717) is 0 Å². The van der Waals surface area contributed by atoms with Gasteiger partial charge in [-0.3, -0.25) is 9.69 Å². The number of methoxy groups -OCH3 is 1. The number of carbonyl (C=O) groups is 1. The molecule has 1 amide bonds. The van der Waals surface area contributed by atoms with E-state index in [1.165, 1.54) is 5.56 Å². The van der Waals surface area contributed by atoms with E-state index in [-0.39, 0.29) is 5.91 Å². The fraction of sp³-hybridized carbons (Fsp3) is 0.412. The van der Waals surface area contributed by atoms with Crippen molar-refractivity contribution in [3.63, 3.8) is 0 Å². The molecule has 1 fully saturated rings. The van der Waals surface area contributed by atoms with Gasteiger partial charge in [0.2, 0.25) is 5.91 Å². The third kappa shape index (κ3) is 3.71. The van der Waals surface area contributed by atoms with E-state index in [1.54, 1.807) is 25.4 Å². The van der Waals surface area contributed by atoms with Crippen molar-refractivity contribution in [3.05, 3.63) is 35.3 Å². The van der Waals surface area contributed by atoms with Crippen molar-refractivity contribution in [1.82, 2.24) is 14.8 Å². The van der Waals surface area contributed by atoms with Crippen LogP contribution in [0.5, 0.6) is 5.75 Å². The van der Waals surface area contributed by atoms with Crippen LogP contribution in [-0.2, 0) is 11.3 Å². The number of aromatic nitrogens is 1. The Morgan fingerprint density at radius 2 is 2.09 bits per heavy atom. The first-order chi connectivity index (χ1) is 11.2. The summed E-state index contributed by atoms with van der Waals surface area (Å²) in [6.07, 6.45) is 1.81. The van der Waals surface area contributed by atoms with E-state index < -0.39 is 0 Å². The van der Waals surface area contributed by atoms with Crippen molar-refractivity contribution in [1.29, 1.82) is 0 Å². The molecule has 0 atom stereocenters. The highest BCUT2D eigenvalue weighted by molar-refractivity contribution is 7.13. The van der Waals surface area contributed by atoms with Gasteiger partial charge in [0.05, 0.1) is 12.7 Å². The van der Waals surface area contributed by atoms with Crippen LogP contribution in [0.15, 0.2) is 29.8 Å². The van der Waals surface area contributed by atoms with Gasteiger partial charge in [-0.05, 0) is 17.7 Å². The number of nitrogens with zero attached hydrogens (tertiary/aromatic N) is 3. The zero-order valence-electron chi connectivity index (χ0n) is 13.5. The fourth-order valence-corrected chi connectivity index (χ4v) is 3.51. The normalized spacial score (nSPS) is 15.7. The van der Waals surface area contributed by atoms with Crippen LogP contribution >= 0.6 is 11.3 Å². The molecule has 0 bridgehead atoms. The zero-order valence-corrected chi connectivity index (χ0v) is 14.3. The van der Waals surface area contributed by atoms with Crippen LogP contribution in [0, 0.1) is 0 Å². The number of hydrogen-bond donors (Lipinski definition) is 0. The molecule has 6 heteroatoms. The molecule has 122 valence electrons. The van der Waals surface area contributed by atoms with E-state index in [2.05, 4.69) is 22.0 Å². The Balaban J connectivity index is 1.72. The summed E-state index contributed by atoms with van der Waals surface area (Å²) in [5.74, 6) is 1.02. The Bertz CT molecular complexity index is 664. The molecule has 1 aliphatic heterocycles. The lowest BCUT2D eigenvalue weighted by Gasteiger charge is -2.34. The first-order valence-corrected chi connectivity index (χ1v) is 8.60. The van der Waals surface area contributed by atoms with Crippen molar-refractivity contribution in [2.24, 2.45) is 0 Å². The van der Waals surface area contributed by atoms with Gasteiger partial charge in [-0.25, -0.2) is 4.98 Å². The van der Waals surface area contributed by atoms with Crippen LogP contribution in [0.4, 0.5) is 0 Å². The van der Waals surface area contributed by atoms with E-state index >= 15 is 0 Å². The predicted molar refractivity (Wildman–Crippen MR) is 91.6 cm³/mol. The summed E-state index contributed by atoms with van der Waals surface area (Å²) in [7, 11) is 1.69. The zero-order chi connectivity index (χ0) is 16.2. The van der Waals surface area contributed by atoms with Gasteiger partial charge in [0.15, 0.2) is 0 Å². The van der Waals surface area contributed by atoms with E-state index in [9.17, 15) is 4.79 Å². The summed E-state index contributed by atoms with van der Waals surface area (Å²) in [5.41, 5.74) is 2.29. The standard InChI is InChI=1S/C17H21N3O2S/c1-13(21)20-8-6-19(7-9-20)12-14-3-4-16(22-2)15(11-14)17-18-5-10-23-17/h3-5,10-11H,6-9,12H2,1-2H3. The molecule has 0 unspecified atom stereocenters. The van der Waals surface area contributed by atoms with Gasteiger partial charge in [-0.1, -0.05) is 6.07 Å². The Morgan fingerprint density at radius 1 is 1.30 bits per heavy atom. The molecule has 2 heterocycles. The Kier molecular flexibility index (Phi) is 4.93. The second-order valence-electron chi connectivity index (χ2n) is 5.65. The molecular formula is C17H21N3O2S. The molecule has 5 nitrogen and oxygen atoms in total. The lowest BCUT2D eigenvalue weighted by atomic mass is 10.1. The van der Waals surface area contributed by atoms with Crippen LogP contribution in [0.2, 0.25) is 0 Å². The number of thiazole rings is 1. The number of hydrogen-bond acceptors (Lipinski definition) is 5. The third-order valence-electron chi connectivity index (χ3n) is 4.15. The Hall–Kier alpha value is -1.92. The minimum absolute atomic E-state index is 0.167. The molecule has 3 rings (SSSR count). The number of piperazine rings is 1. The minimum atomic E-state index is 0.167. The van der Waals surface area contributed by atoms with Crippen molar-refractivity contribution < 1.29 is 9.53 Å². The van der Waals surface area contributed by atoms with Gasteiger partial charge in [-0.2, -0.15) is 0 Å². The van der Waals surface area contributed by atoms with Crippen molar-refractivity contribution in [2.75, 3.05) is 33.3 Å². The van der Waals surface area contributed by atoms with Crippen molar-refractivity contribution in [3.8, 4) is 16.3 Å². The summed E-state index contributed by atoms with van der Waals surface area (Å²) in [6, 6.07) is 6.28. The fourth-order valence-electron chi connectivity index (χ4n) is 2.86. The minimum Gasteiger partial charge on any atom is -0.496 e. The van der Waals surface area contributed by atoms with Gasteiger partial charge in [-0.15, -0.1) is 11.3 Å². The smallest absolute Gasteiger partial charge is 0.219 e. The van der Waals surface area contributed by atoms with Crippen molar-refractivity contribution in [2.45, 2.75) is 13.5 Å². The number of benzene rings is 1. The molecule has 1 saturated heterocycles. The van der Waals surface area contributed by atoms with Crippen LogP contribution in [-0.4, -0.2) is 54.0 Å². The molecule has 1 aromatic heterocycles.